The van der Waals surface area contributed by atoms with Gasteiger partial charge in [-0.15, -0.1) is 0 Å². The zero-order valence-electron chi connectivity index (χ0n) is 14.4. The molecule has 1 aliphatic carbocycles. The molecule has 4 rings (SSSR count). The Morgan fingerprint density at radius 3 is 2.59 bits per heavy atom. The zero-order chi connectivity index (χ0) is 16.1. The maximum absolute atomic E-state index is 12.3. The third kappa shape index (κ3) is 2.80. The summed E-state index contributed by atoms with van der Waals surface area (Å²) in [5, 5.41) is 0.550. The van der Waals surface area contributed by atoms with Gasteiger partial charge in [0.05, 0.1) is 6.04 Å². The van der Waals surface area contributed by atoms with E-state index in [0.717, 1.165) is 18.8 Å². The molecule has 0 aromatic rings. The van der Waals surface area contributed by atoms with Gasteiger partial charge in [-0.1, -0.05) is 55.7 Å². The van der Waals surface area contributed by atoms with Crippen LogP contribution in [0, 0.1) is 5.92 Å². The van der Waals surface area contributed by atoms with Crippen molar-refractivity contribution in [3.8, 4) is 0 Å². The van der Waals surface area contributed by atoms with Crippen molar-refractivity contribution in [3.63, 3.8) is 0 Å². The van der Waals surface area contributed by atoms with E-state index in [2.05, 4.69) is 50.3 Å². The second-order valence-corrected chi connectivity index (χ2v) is 10.8. The van der Waals surface area contributed by atoms with Gasteiger partial charge in [-0.25, -0.2) is 4.79 Å². The summed E-state index contributed by atoms with van der Waals surface area (Å²) >= 11 is 2.67. The summed E-state index contributed by atoms with van der Waals surface area (Å²) in [5.74, 6) is 0.768. The minimum Gasteiger partial charge on any atom is -0.444 e. The van der Waals surface area contributed by atoms with Crippen molar-refractivity contribution in [3.05, 3.63) is 0 Å². The smallest absolute Gasteiger partial charge is 0.410 e. The van der Waals surface area contributed by atoms with Crippen molar-refractivity contribution >= 4 is 36.0 Å². The number of halogens is 1. The molecule has 4 fully saturated rings. The van der Waals surface area contributed by atoms with Gasteiger partial charge in [-0.05, 0) is 47.7 Å². The minimum absolute atomic E-state index is 0.0845. The van der Waals surface area contributed by atoms with Crippen molar-refractivity contribution in [2.24, 2.45) is 5.92 Å². The number of amides is 1. The fourth-order valence-corrected chi connectivity index (χ4v) is 7.05. The first-order valence-corrected chi connectivity index (χ1v) is 10.0. The molecule has 0 radical (unpaired) electrons. The van der Waals surface area contributed by atoms with Crippen LogP contribution < -0.4 is 0 Å². The van der Waals surface area contributed by atoms with E-state index in [1.54, 1.807) is 0 Å². The summed E-state index contributed by atoms with van der Waals surface area (Å²) < 4.78 is 6.15. The fourth-order valence-electron chi connectivity index (χ4n) is 5.10. The van der Waals surface area contributed by atoms with Gasteiger partial charge >= 0.3 is 6.09 Å². The number of ether oxygens (including phenoxy) is 1. The molecule has 5 heteroatoms. The molecule has 4 atom stereocenters. The van der Waals surface area contributed by atoms with E-state index in [4.69, 9.17) is 4.74 Å². The highest BCUT2D eigenvalue weighted by atomic mass is 127. The quantitative estimate of drug-likeness (QED) is 0.380. The number of rotatable bonds is 2. The van der Waals surface area contributed by atoms with Gasteiger partial charge in [-0.2, -0.15) is 0 Å². The molecular weight excluding hydrogens is 388 g/mol. The van der Waals surface area contributed by atoms with Crippen LogP contribution in [0.5, 0.6) is 0 Å². The van der Waals surface area contributed by atoms with E-state index < -0.39 is 0 Å². The van der Waals surface area contributed by atoms with Crippen LogP contribution in [0.15, 0.2) is 0 Å². The number of carbonyl (C=O) groups is 1. The highest BCUT2D eigenvalue weighted by molar-refractivity contribution is 14.1. The van der Waals surface area contributed by atoms with Gasteiger partial charge < -0.3 is 4.74 Å². The van der Waals surface area contributed by atoms with Crippen LogP contribution in [0.4, 0.5) is 4.79 Å². The monoisotopic (exact) mass is 417 g/mol. The Kier molecular flexibility index (Phi) is 4.50. The second kappa shape index (κ2) is 5.85. The average molecular weight is 417 g/mol. The third-order valence-electron chi connectivity index (χ3n) is 6.36. The van der Waals surface area contributed by atoms with Gasteiger partial charge in [0.25, 0.3) is 0 Å². The Morgan fingerprint density at radius 2 is 2.00 bits per heavy atom. The standard InChI is InChI=1S/C17H29BINO2/c1-11(2)16-8-6-5-7-13-14(9-17(19,10-16)18-16)22-15(21)20(13)12(3)4/h11-14,18H,5-10H2,1-4H3. The number of hydrogen-bond donors (Lipinski definition) is 0. The number of carbonyl (C=O) groups excluding carboxylic acids is 1. The predicted octanol–water partition coefficient (Wildman–Crippen LogP) is 4.33. The molecule has 4 unspecified atom stereocenters. The minimum atomic E-state index is -0.0845. The molecule has 0 aromatic carbocycles. The van der Waals surface area contributed by atoms with E-state index in [1.807, 2.05) is 4.90 Å². The third-order valence-corrected chi connectivity index (χ3v) is 7.56. The molecule has 3 nitrogen and oxygen atoms in total. The maximum atomic E-state index is 12.3. The summed E-state index contributed by atoms with van der Waals surface area (Å²) in [6.07, 6.45) is 7.37. The molecule has 22 heavy (non-hydrogen) atoms. The summed E-state index contributed by atoms with van der Waals surface area (Å²) in [7, 11) is 1.31. The first-order valence-electron chi connectivity index (χ1n) is 8.94. The summed E-state index contributed by atoms with van der Waals surface area (Å²) in [6.45, 7) is 8.99. The lowest BCUT2D eigenvalue weighted by Crippen LogP contribution is -2.57. The molecular formula is C17H29BINO2. The zero-order valence-corrected chi connectivity index (χ0v) is 16.6. The highest BCUT2D eigenvalue weighted by Crippen LogP contribution is 2.62. The van der Waals surface area contributed by atoms with E-state index in [1.165, 1.54) is 33.0 Å². The Labute approximate surface area is 149 Å². The number of nitrogens with zero attached hydrogens (tertiary/aromatic N) is 1. The van der Waals surface area contributed by atoms with E-state index in [0.29, 0.717) is 14.7 Å². The van der Waals surface area contributed by atoms with Gasteiger partial charge in [0.15, 0.2) is 0 Å². The molecule has 3 aliphatic heterocycles. The van der Waals surface area contributed by atoms with Crippen molar-refractivity contribution in [2.75, 3.05) is 0 Å². The van der Waals surface area contributed by atoms with Crippen LogP contribution in [0.3, 0.4) is 0 Å². The molecule has 0 N–H and O–H groups in total. The van der Waals surface area contributed by atoms with Crippen LogP contribution in [-0.2, 0) is 4.74 Å². The number of alkyl halides is 1. The highest BCUT2D eigenvalue weighted by Gasteiger charge is 2.58. The second-order valence-electron chi connectivity index (χ2n) is 8.46. The Morgan fingerprint density at radius 1 is 1.32 bits per heavy atom. The molecule has 0 spiro atoms. The van der Waals surface area contributed by atoms with Gasteiger partial charge in [0.2, 0.25) is 0 Å². The molecule has 124 valence electrons. The lowest BCUT2D eigenvalue weighted by molar-refractivity contribution is 0.113. The van der Waals surface area contributed by atoms with Gasteiger partial charge in [0.1, 0.15) is 13.4 Å². The van der Waals surface area contributed by atoms with Crippen molar-refractivity contribution < 1.29 is 9.53 Å². The van der Waals surface area contributed by atoms with Crippen molar-refractivity contribution in [1.82, 2.24) is 4.90 Å². The fraction of sp³-hybridized carbons (Fsp3) is 0.941. The van der Waals surface area contributed by atoms with Crippen LogP contribution in [0.1, 0.15) is 66.2 Å². The topological polar surface area (TPSA) is 29.5 Å². The Hall–Kier alpha value is 0.0649. The predicted molar refractivity (Wildman–Crippen MR) is 100 cm³/mol. The lowest BCUT2D eigenvalue weighted by atomic mass is 9.27. The van der Waals surface area contributed by atoms with Crippen molar-refractivity contribution in [1.29, 1.82) is 0 Å². The van der Waals surface area contributed by atoms with E-state index in [-0.39, 0.29) is 18.2 Å². The Bertz CT molecular complexity index is 448. The van der Waals surface area contributed by atoms with Gasteiger partial charge in [0, 0.05) is 6.04 Å². The van der Waals surface area contributed by atoms with Crippen LogP contribution in [0.2, 0.25) is 5.31 Å². The Balaban J connectivity index is 1.79. The van der Waals surface area contributed by atoms with E-state index in [9.17, 15) is 4.79 Å². The molecule has 0 aromatic heterocycles. The number of hydrogen-bond acceptors (Lipinski definition) is 2. The number of fused-ring (bicyclic) bond motifs is 3. The van der Waals surface area contributed by atoms with Crippen LogP contribution in [-0.4, -0.2) is 39.8 Å². The van der Waals surface area contributed by atoms with Crippen LogP contribution >= 0.6 is 22.6 Å². The lowest BCUT2D eigenvalue weighted by Gasteiger charge is -2.57. The molecule has 1 amide bonds. The first kappa shape index (κ1) is 16.9. The molecule has 1 saturated carbocycles. The molecule has 4 aliphatic rings. The SMILES string of the molecule is CC(C)N1C(=O)OC2CC3(I)BC(C(C)C)(CCCCC21)C3. The largest absolute Gasteiger partial charge is 0.444 e. The van der Waals surface area contributed by atoms with Gasteiger partial charge in [-0.3, -0.25) is 4.90 Å². The normalized spacial score (nSPS) is 41.8. The molecule has 3 saturated heterocycles. The maximum Gasteiger partial charge on any atom is 0.410 e. The molecule has 3 heterocycles. The first-order chi connectivity index (χ1) is 10.3. The van der Waals surface area contributed by atoms with Crippen LogP contribution in [0.25, 0.3) is 0 Å². The summed E-state index contributed by atoms with van der Waals surface area (Å²) in [6, 6.07) is 0.540. The molecule has 2 bridgehead atoms. The summed E-state index contributed by atoms with van der Waals surface area (Å²) in [5.41, 5.74) is 0. The van der Waals surface area contributed by atoms with Crippen molar-refractivity contribution in [2.45, 2.75) is 93.0 Å². The van der Waals surface area contributed by atoms with E-state index >= 15 is 0 Å². The summed E-state index contributed by atoms with van der Waals surface area (Å²) in [4.78, 5) is 14.3. The average Bonchev–Trinajstić information content (AvgIpc) is 2.68.